The Hall–Kier alpha value is -0.680. The molecule has 5 heteroatoms. The lowest BCUT2D eigenvalue weighted by Gasteiger charge is -2.23. The van der Waals surface area contributed by atoms with Crippen LogP contribution in [0.25, 0.3) is 0 Å². The summed E-state index contributed by atoms with van der Waals surface area (Å²) in [6, 6.07) is 1.96. The Morgan fingerprint density at radius 3 is 2.22 bits per heavy atom. The number of nitrogens with zero attached hydrogens (tertiary/aromatic N) is 4. The Kier molecular flexibility index (Phi) is 5.10. The number of hydrogen-bond acceptors (Lipinski definition) is 4. The van der Waals surface area contributed by atoms with Gasteiger partial charge in [-0.15, -0.1) is 0 Å². The van der Waals surface area contributed by atoms with Crippen molar-refractivity contribution < 1.29 is 0 Å². The molecule has 0 bridgehead atoms. The molecule has 0 aliphatic heterocycles. The van der Waals surface area contributed by atoms with Crippen LogP contribution >= 0.6 is 15.9 Å². The molecule has 0 aliphatic carbocycles. The summed E-state index contributed by atoms with van der Waals surface area (Å²) in [5.41, 5.74) is -0.0408. The molecule has 18 heavy (non-hydrogen) atoms. The lowest BCUT2D eigenvalue weighted by atomic mass is 9.96. The zero-order chi connectivity index (χ0) is 13.9. The van der Waals surface area contributed by atoms with E-state index in [0.29, 0.717) is 0 Å². The predicted molar refractivity (Wildman–Crippen MR) is 80.3 cm³/mol. The fraction of sp³-hybridized carbons (Fsp3) is 0.692. The maximum atomic E-state index is 4.65. The van der Waals surface area contributed by atoms with E-state index in [1.807, 2.05) is 6.07 Å². The van der Waals surface area contributed by atoms with Crippen LogP contribution in [-0.4, -0.2) is 49.1 Å². The zero-order valence-electron chi connectivity index (χ0n) is 12.2. The number of likely N-dealkylation sites (N-methyl/N-ethyl adjacent to an activating group) is 2. The molecule has 0 atom stereocenters. The second-order valence-corrected chi connectivity index (χ2v) is 6.66. The van der Waals surface area contributed by atoms with Gasteiger partial charge in [0.2, 0.25) is 0 Å². The molecule has 0 saturated heterocycles. The van der Waals surface area contributed by atoms with Crippen molar-refractivity contribution in [3.8, 4) is 0 Å². The molecule has 1 aromatic heterocycles. The van der Waals surface area contributed by atoms with Crippen molar-refractivity contribution in [2.45, 2.75) is 26.2 Å². The summed E-state index contributed by atoms with van der Waals surface area (Å²) in [5.74, 6) is 1.83. The van der Waals surface area contributed by atoms with Crippen molar-refractivity contribution in [3.63, 3.8) is 0 Å². The van der Waals surface area contributed by atoms with Crippen LogP contribution in [-0.2, 0) is 5.41 Å². The molecule has 4 nitrogen and oxygen atoms in total. The Bertz CT molecular complexity index is 398. The summed E-state index contributed by atoms with van der Waals surface area (Å²) in [7, 11) is 6.21. The van der Waals surface area contributed by atoms with Crippen LogP contribution in [0.3, 0.4) is 0 Å². The Morgan fingerprint density at radius 2 is 1.72 bits per heavy atom. The van der Waals surface area contributed by atoms with Crippen LogP contribution in [0.15, 0.2) is 10.7 Å². The second kappa shape index (κ2) is 5.97. The normalized spacial score (nSPS) is 12.0. The molecule has 0 amide bonds. The van der Waals surface area contributed by atoms with Crippen LogP contribution in [0.5, 0.6) is 0 Å². The average Bonchev–Trinajstić information content (AvgIpc) is 2.23. The van der Waals surface area contributed by atoms with Gasteiger partial charge in [-0.25, -0.2) is 9.97 Å². The summed E-state index contributed by atoms with van der Waals surface area (Å²) < 4.78 is 0.842. The first kappa shape index (κ1) is 15.4. The van der Waals surface area contributed by atoms with Gasteiger partial charge in [-0.1, -0.05) is 20.8 Å². The van der Waals surface area contributed by atoms with E-state index in [1.54, 1.807) is 0 Å². The highest BCUT2D eigenvalue weighted by Gasteiger charge is 2.19. The Labute approximate surface area is 119 Å². The molecule has 1 aromatic rings. The van der Waals surface area contributed by atoms with Crippen molar-refractivity contribution in [2.24, 2.45) is 0 Å². The molecule has 0 N–H and O–H groups in total. The highest BCUT2D eigenvalue weighted by molar-refractivity contribution is 9.10. The van der Waals surface area contributed by atoms with Gasteiger partial charge in [0.25, 0.3) is 0 Å². The van der Waals surface area contributed by atoms with E-state index in [0.717, 1.165) is 29.3 Å². The molecule has 102 valence electrons. The summed E-state index contributed by atoms with van der Waals surface area (Å²) >= 11 is 3.47. The number of rotatable bonds is 4. The van der Waals surface area contributed by atoms with Crippen LogP contribution in [0.1, 0.15) is 26.6 Å². The fourth-order valence-electron chi connectivity index (χ4n) is 1.40. The van der Waals surface area contributed by atoms with E-state index in [-0.39, 0.29) is 5.41 Å². The van der Waals surface area contributed by atoms with Gasteiger partial charge in [-0.05, 0) is 30.0 Å². The molecule has 1 rings (SSSR count). The van der Waals surface area contributed by atoms with E-state index < -0.39 is 0 Å². The van der Waals surface area contributed by atoms with E-state index >= 15 is 0 Å². The first-order chi connectivity index (χ1) is 8.20. The SMILES string of the molecule is CN(C)CCN(C)c1cc(Br)nc(C(C)(C)C)n1. The van der Waals surface area contributed by atoms with Crippen molar-refractivity contribution in [1.29, 1.82) is 0 Å². The minimum atomic E-state index is -0.0408. The van der Waals surface area contributed by atoms with E-state index in [2.05, 4.69) is 77.6 Å². The van der Waals surface area contributed by atoms with E-state index in [4.69, 9.17) is 0 Å². The summed E-state index contributed by atoms with van der Waals surface area (Å²) in [6.45, 7) is 8.32. The molecule has 0 fully saturated rings. The minimum absolute atomic E-state index is 0.0408. The molecule has 0 aliphatic rings. The van der Waals surface area contributed by atoms with Gasteiger partial charge in [0, 0.05) is 31.6 Å². The number of anilines is 1. The first-order valence-corrected chi connectivity index (χ1v) is 6.90. The molecule has 0 unspecified atom stereocenters. The second-order valence-electron chi connectivity index (χ2n) is 5.85. The maximum absolute atomic E-state index is 4.65. The lowest BCUT2D eigenvalue weighted by Crippen LogP contribution is -2.30. The highest BCUT2D eigenvalue weighted by Crippen LogP contribution is 2.23. The van der Waals surface area contributed by atoms with Crippen LogP contribution in [0.4, 0.5) is 5.82 Å². The third-order valence-electron chi connectivity index (χ3n) is 2.63. The number of halogens is 1. The highest BCUT2D eigenvalue weighted by atomic mass is 79.9. The minimum Gasteiger partial charge on any atom is -0.358 e. The van der Waals surface area contributed by atoms with E-state index in [1.165, 1.54) is 0 Å². The largest absolute Gasteiger partial charge is 0.358 e. The fourth-order valence-corrected chi connectivity index (χ4v) is 1.77. The third kappa shape index (κ3) is 4.53. The Balaban J connectivity index is 2.92. The topological polar surface area (TPSA) is 32.3 Å². The maximum Gasteiger partial charge on any atom is 0.137 e. The molecule has 1 heterocycles. The molecule has 0 saturated carbocycles. The standard InChI is InChI=1S/C13H23BrN4/c1-13(2,3)12-15-10(14)9-11(16-12)18(6)8-7-17(4)5/h9H,7-8H2,1-6H3. The lowest BCUT2D eigenvalue weighted by molar-refractivity contribution is 0.416. The zero-order valence-corrected chi connectivity index (χ0v) is 13.7. The van der Waals surface area contributed by atoms with Gasteiger partial charge in [-0.3, -0.25) is 0 Å². The van der Waals surface area contributed by atoms with Crippen molar-refractivity contribution in [1.82, 2.24) is 14.9 Å². The van der Waals surface area contributed by atoms with Crippen LogP contribution in [0.2, 0.25) is 0 Å². The van der Waals surface area contributed by atoms with Crippen LogP contribution in [0, 0.1) is 0 Å². The van der Waals surface area contributed by atoms with Crippen molar-refractivity contribution >= 4 is 21.7 Å². The summed E-state index contributed by atoms with van der Waals surface area (Å²) in [5, 5.41) is 0. The molecular formula is C13H23BrN4. The van der Waals surface area contributed by atoms with E-state index in [9.17, 15) is 0 Å². The quantitative estimate of drug-likeness (QED) is 0.799. The van der Waals surface area contributed by atoms with Gasteiger partial charge < -0.3 is 9.80 Å². The molecule has 0 radical (unpaired) electrons. The summed E-state index contributed by atoms with van der Waals surface area (Å²) in [6.07, 6.45) is 0. The number of hydrogen-bond donors (Lipinski definition) is 0. The Morgan fingerprint density at radius 1 is 1.11 bits per heavy atom. The van der Waals surface area contributed by atoms with Gasteiger partial charge in [-0.2, -0.15) is 0 Å². The third-order valence-corrected chi connectivity index (χ3v) is 3.03. The first-order valence-electron chi connectivity index (χ1n) is 6.11. The van der Waals surface area contributed by atoms with Gasteiger partial charge in [0.05, 0.1) is 0 Å². The predicted octanol–water partition coefficient (Wildman–Crippen LogP) is 2.53. The number of aromatic nitrogens is 2. The average molecular weight is 315 g/mol. The molecule has 0 spiro atoms. The van der Waals surface area contributed by atoms with Crippen molar-refractivity contribution in [3.05, 3.63) is 16.5 Å². The van der Waals surface area contributed by atoms with Gasteiger partial charge in [0.1, 0.15) is 16.2 Å². The molecular weight excluding hydrogens is 292 g/mol. The van der Waals surface area contributed by atoms with Crippen molar-refractivity contribution in [2.75, 3.05) is 39.1 Å². The smallest absolute Gasteiger partial charge is 0.137 e. The summed E-state index contributed by atoms with van der Waals surface area (Å²) in [4.78, 5) is 13.4. The van der Waals surface area contributed by atoms with Gasteiger partial charge >= 0.3 is 0 Å². The van der Waals surface area contributed by atoms with Gasteiger partial charge in [0.15, 0.2) is 0 Å². The monoisotopic (exact) mass is 314 g/mol. The van der Waals surface area contributed by atoms with Crippen LogP contribution < -0.4 is 4.90 Å². The molecule has 0 aromatic carbocycles.